The van der Waals surface area contributed by atoms with Crippen LogP contribution in [0, 0.1) is 11.3 Å². The van der Waals surface area contributed by atoms with Crippen LogP contribution in [0.1, 0.15) is 5.56 Å². The maximum atomic E-state index is 12.9. The zero-order valence-corrected chi connectivity index (χ0v) is 16.8. The Morgan fingerprint density at radius 1 is 1.21 bits per heavy atom. The van der Waals surface area contributed by atoms with Crippen molar-refractivity contribution in [2.24, 2.45) is 0 Å². The van der Waals surface area contributed by atoms with E-state index >= 15 is 0 Å². The largest absolute Gasteiger partial charge is 0.480 e. The second-order valence-corrected chi connectivity index (χ2v) is 7.07. The van der Waals surface area contributed by atoms with Crippen LogP contribution in [0.3, 0.4) is 0 Å². The number of nitriles is 1. The van der Waals surface area contributed by atoms with Gasteiger partial charge in [0.25, 0.3) is 5.91 Å². The number of nitrogens with zero attached hydrogens (tertiary/aromatic N) is 3. The molecule has 0 fully saturated rings. The van der Waals surface area contributed by atoms with E-state index in [9.17, 15) is 14.9 Å². The summed E-state index contributed by atoms with van der Waals surface area (Å²) in [5, 5.41) is 20.1. The Kier molecular flexibility index (Phi) is 5.92. The predicted octanol–water partition coefficient (Wildman–Crippen LogP) is 4.60. The molecule has 8 heteroatoms. The Hall–Kier alpha value is -3.27. The first-order valence-corrected chi connectivity index (χ1v) is 9.22. The molecule has 146 valence electrons. The number of para-hydroxylation sites is 1. The topological polar surface area (TPSA) is 86.3 Å². The maximum absolute atomic E-state index is 12.9. The highest BCUT2D eigenvalue weighted by Gasteiger charge is 2.18. The average Bonchev–Trinajstić information content (AvgIpc) is 3.04. The first kappa shape index (κ1) is 20.5. The molecule has 0 aliphatic heterocycles. The van der Waals surface area contributed by atoms with Crippen LogP contribution in [0.5, 0.6) is 0 Å². The lowest BCUT2D eigenvalue weighted by Crippen LogP contribution is -2.27. The summed E-state index contributed by atoms with van der Waals surface area (Å²) >= 11 is 11.9. The molecular formula is C21H15Cl2N3O3. The summed E-state index contributed by atoms with van der Waals surface area (Å²) in [5.74, 6) is -1.52. The summed E-state index contributed by atoms with van der Waals surface area (Å²) in [4.78, 5) is 25.3. The first-order valence-electron chi connectivity index (χ1n) is 8.46. The number of carbonyl (C=O) groups excluding carboxylic acids is 1. The van der Waals surface area contributed by atoms with Crippen molar-refractivity contribution >= 4 is 57.7 Å². The molecule has 0 aliphatic carbocycles. The molecule has 6 nitrogen and oxygen atoms in total. The van der Waals surface area contributed by atoms with Crippen LogP contribution in [0.4, 0.5) is 5.69 Å². The molecule has 0 saturated carbocycles. The SMILES string of the molecule is CN(C(=O)C(C#N)=Cc1cn(CC(=O)O)c2ccccc12)c1ccc(Cl)c(Cl)c1. The van der Waals surface area contributed by atoms with E-state index < -0.39 is 11.9 Å². The van der Waals surface area contributed by atoms with Gasteiger partial charge in [0.1, 0.15) is 18.2 Å². The number of anilines is 1. The Labute approximate surface area is 176 Å². The molecule has 1 amide bonds. The summed E-state index contributed by atoms with van der Waals surface area (Å²) in [6.45, 7) is -0.229. The lowest BCUT2D eigenvalue weighted by Gasteiger charge is -2.17. The van der Waals surface area contributed by atoms with Gasteiger partial charge < -0.3 is 14.6 Å². The van der Waals surface area contributed by atoms with Gasteiger partial charge in [0.15, 0.2) is 0 Å². The molecule has 3 aromatic rings. The second kappa shape index (κ2) is 8.39. The molecule has 1 heterocycles. The number of benzene rings is 2. The van der Waals surface area contributed by atoms with Crippen molar-refractivity contribution in [1.82, 2.24) is 4.57 Å². The van der Waals surface area contributed by atoms with E-state index in [0.717, 1.165) is 5.39 Å². The normalized spacial score (nSPS) is 11.3. The molecule has 1 N–H and O–H groups in total. The minimum Gasteiger partial charge on any atom is -0.480 e. The third-order valence-corrected chi connectivity index (χ3v) is 5.11. The molecule has 29 heavy (non-hydrogen) atoms. The minimum absolute atomic E-state index is 0.100. The quantitative estimate of drug-likeness (QED) is 0.475. The second-order valence-electron chi connectivity index (χ2n) is 6.26. The Morgan fingerprint density at radius 3 is 2.59 bits per heavy atom. The highest BCUT2D eigenvalue weighted by Crippen LogP contribution is 2.28. The van der Waals surface area contributed by atoms with Crippen LogP contribution in [0.25, 0.3) is 17.0 Å². The molecule has 0 atom stereocenters. The third-order valence-electron chi connectivity index (χ3n) is 4.37. The lowest BCUT2D eigenvalue weighted by atomic mass is 10.1. The molecule has 3 rings (SSSR count). The van der Waals surface area contributed by atoms with Gasteiger partial charge in [-0.1, -0.05) is 41.4 Å². The van der Waals surface area contributed by atoms with E-state index in [1.54, 1.807) is 41.1 Å². The Balaban J connectivity index is 2.01. The lowest BCUT2D eigenvalue weighted by molar-refractivity contribution is -0.137. The van der Waals surface area contributed by atoms with E-state index in [1.807, 2.05) is 12.1 Å². The number of hydrogen-bond donors (Lipinski definition) is 1. The highest BCUT2D eigenvalue weighted by atomic mass is 35.5. The number of likely N-dealkylation sites (N-methyl/N-ethyl adjacent to an activating group) is 1. The van der Waals surface area contributed by atoms with Gasteiger partial charge in [-0.25, -0.2) is 0 Å². The van der Waals surface area contributed by atoms with Crippen molar-refractivity contribution in [3.8, 4) is 6.07 Å². The van der Waals surface area contributed by atoms with E-state index in [0.29, 0.717) is 26.8 Å². The number of amides is 1. The van der Waals surface area contributed by atoms with E-state index in [-0.39, 0.29) is 12.1 Å². The number of halogens is 2. The van der Waals surface area contributed by atoms with E-state index in [4.69, 9.17) is 28.3 Å². The number of carboxylic acid groups (broad SMARTS) is 1. The zero-order chi connectivity index (χ0) is 21.1. The van der Waals surface area contributed by atoms with Crippen molar-refractivity contribution in [2.45, 2.75) is 6.54 Å². The van der Waals surface area contributed by atoms with Crippen LogP contribution < -0.4 is 4.90 Å². The molecule has 0 unspecified atom stereocenters. The number of hydrogen-bond acceptors (Lipinski definition) is 3. The van der Waals surface area contributed by atoms with Crippen molar-refractivity contribution in [3.63, 3.8) is 0 Å². The van der Waals surface area contributed by atoms with Crippen molar-refractivity contribution < 1.29 is 14.7 Å². The van der Waals surface area contributed by atoms with E-state index in [1.165, 1.54) is 24.1 Å². The molecule has 0 spiro atoms. The average molecular weight is 428 g/mol. The first-order chi connectivity index (χ1) is 13.8. The zero-order valence-electron chi connectivity index (χ0n) is 15.3. The fourth-order valence-corrected chi connectivity index (χ4v) is 3.25. The Morgan fingerprint density at radius 2 is 1.93 bits per heavy atom. The van der Waals surface area contributed by atoms with Crippen molar-refractivity contribution in [1.29, 1.82) is 5.26 Å². The van der Waals surface area contributed by atoms with Crippen molar-refractivity contribution in [3.05, 3.63) is 69.8 Å². The number of fused-ring (bicyclic) bond motifs is 1. The van der Waals surface area contributed by atoms with Gasteiger partial charge in [0, 0.05) is 35.4 Å². The molecule has 0 saturated heterocycles. The monoisotopic (exact) mass is 427 g/mol. The van der Waals surface area contributed by atoms with Crippen molar-refractivity contribution in [2.75, 3.05) is 11.9 Å². The van der Waals surface area contributed by atoms with Gasteiger partial charge in [0.05, 0.1) is 10.0 Å². The standard InChI is InChI=1S/C21H15Cl2N3O3/c1-25(15-6-7-17(22)18(23)9-15)21(29)13(10-24)8-14-11-26(12-20(27)28)19-5-3-2-4-16(14)19/h2-9,11H,12H2,1H3,(H,27,28). The van der Waals surface area contributed by atoms with Crippen LogP contribution in [-0.2, 0) is 16.1 Å². The van der Waals surface area contributed by atoms with Crippen LogP contribution >= 0.6 is 23.2 Å². The summed E-state index contributed by atoms with van der Waals surface area (Å²) < 4.78 is 1.56. The fourth-order valence-electron chi connectivity index (χ4n) is 2.96. The Bertz CT molecular complexity index is 1190. The molecule has 2 aromatic carbocycles. The van der Waals surface area contributed by atoms with Gasteiger partial charge in [-0.3, -0.25) is 9.59 Å². The highest BCUT2D eigenvalue weighted by molar-refractivity contribution is 6.42. The fraction of sp³-hybridized carbons (Fsp3) is 0.0952. The van der Waals surface area contributed by atoms with Gasteiger partial charge in [-0.2, -0.15) is 5.26 Å². The number of rotatable bonds is 5. The van der Waals surface area contributed by atoms with Crippen LogP contribution in [-0.4, -0.2) is 28.6 Å². The van der Waals surface area contributed by atoms with Gasteiger partial charge in [0.2, 0.25) is 0 Å². The van der Waals surface area contributed by atoms with Gasteiger partial charge in [-0.05, 0) is 30.3 Å². The maximum Gasteiger partial charge on any atom is 0.323 e. The predicted molar refractivity (Wildman–Crippen MR) is 113 cm³/mol. The molecule has 0 aliphatic rings. The molecule has 0 radical (unpaired) electrons. The number of aromatic nitrogens is 1. The summed E-state index contributed by atoms with van der Waals surface area (Å²) in [7, 11) is 1.53. The van der Waals surface area contributed by atoms with Gasteiger partial charge >= 0.3 is 5.97 Å². The minimum atomic E-state index is -0.989. The van der Waals surface area contributed by atoms with E-state index in [2.05, 4.69) is 0 Å². The molecular weight excluding hydrogens is 413 g/mol. The van der Waals surface area contributed by atoms with Crippen LogP contribution in [0.15, 0.2) is 54.2 Å². The molecule has 1 aromatic heterocycles. The summed E-state index contributed by atoms with van der Waals surface area (Å²) in [5.41, 5.74) is 1.66. The van der Waals surface area contributed by atoms with Crippen LogP contribution in [0.2, 0.25) is 10.0 Å². The molecule has 0 bridgehead atoms. The number of aliphatic carboxylic acids is 1. The summed E-state index contributed by atoms with van der Waals surface area (Å²) in [6.07, 6.45) is 3.07. The smallest absolute Gasteiger partial charge is 0.323 e. The number of carboxylic acids is 1. The third kappa shape index (κ3) is 4.27. The summed E-state index contributed by atoms with van der Waals surface area (Å²) in [6, 6.07) is 13.8. The number of carbonyl (C=O) groups is 2. The van der Waals surface area contributed by atoms with Gasteiger partial charge in [-0.15, -0.1) is 0 Å².